The van der Waals surface area contributed by atoms with Gasteiger partial charge in [-0.1, -0.05) is 6.07 Å². The second-order valence-electron chi connectivity index (χ2n) is 4.64. The molecule has 23 heavy (non-hydrogen) atoms. The largest absolute Gasteiger partial charge is 0.451 e. The Labute approximate surface area is 133 Å². The van der Waals surface area contributed by atoms with Crippen molar-refractivity contribution in [1.82, 2.24) is 0 Å². The molecule has 2 rings (SSSR count). The summed E-state index contributed by atoms with van der Waals surface area (Å²) < 4.78 is 42.6. The van der Waals surface area contributed by atoms with Crippen LogP contribution in [0.3, 0.4) is 0 Å². The van der Waals surface area contributed by atoms with Crippen molar-refractivity contribution in [2.75, 3.05) is 11.9 Å². The molecule has 0 aliphatic heterocycles. The predicted molar refractivity (Wildman–Crippen MR) is 79.4 cm³/mol. The third-order valence-electron chi connectivity index (χ3n) is 2.86. The Hall–Kier alpha value is -2.35. The number of alkyl halides is 3. The van der Waals surface area contributed by atoms with Gasteiger partial charge in [-0.05, 0) is 42.1 Å². The Bertz CT molecular complexity index is 725. The molecule has 1 heterocycles. The summed E-state index contributed by atoms with van der Waals surface area (Å²) in [6, 6.07) is 5.94. The van der Waals surface area contributed by atoms with Crippen molar-refractivity contribution in [2.24, 2.45) is 0 Å². The highest BCUT2D eigenvalue weighted by molar-refractivity contribution is 7.12. The zero-order chi connectivity index (χ0) is 17.0. The second-order valence-corrected chi connectivity index (χ2v) is 5.55. The Morgan fingerprint density at radius 2 is 2.00 bits per heavy atom. The zero-order valence-electron chi connectivity index (χ0n) is 11.9. The van der Waals surface area contributed by atoms with Gasteiger partial charge in [0.05, 0.1) is 5.56 Å². The molecule has 1 N–H and O–H groups in total. The molecular formula is C15H12F3NO3S. The van der Waals surface area contributed by atoms with Crippen LogP contribution in [0, 0.1) is 6.92 Å². The van der Waals surface area contributed by atoms with Crippen LogP contribution in [-0.4, -0.2) is 18.5 Å². The van der Waals surface area contributed by atoms with Gasteiger partial charge < -0.3 is 10.1 Å². The molecule has 1 aromatic carbocycles. The molecule has 0 saturated heterocycles. The van der Waals surface area contributed by atoms with Gasteiger partial charge in [-0.15, -0.1) is 11.3 Å². The van der Waals surface area contributed by atoms with E-state index in [0.29, 0.717) is 4.88 Å². The number of esters is 1. The van der Waals surface area contributed by atoms with Gasteiger partial charge >= 0.3 is 12.1 Å². The van der Waals surface area contributed by atoms with Gasteiger partial charge in [-0.25, -0.2) is 4.79 Å². The molecule has 2 aromatic rings. The van der Waals surface area contributed by atoms with Crippen LogP contribution in [0.1, 0.15) is 20.8 Å². The quantitative estimate of drug-likeness (QED) is 0.858. The standard InChI is InChI=1S/C15H12F3NO3S/c1-9-5-6-23-13(9)14(21)22-8-12(20)19-11-4-2-3-10(7-11)15(16,17)18/h2-7H,8H2,1H3,(H,19,20). The monoisotopic (exact) mass is 343 g/mol. The Balaban J connectivity index is 1.93. The number of rotatable bonds is 4. The van der Waals surface area contributed by atoms with Crippen LogP contribution >= 0.6 is 11.3 Å². The number of ether oxygens (including phenoxy) is 1. The van der Waals surface area contributed by atoms with E-state index in [0.717, 1.165) is 17.7 Å². The van der Waals surface area contributed by atoms with E-state index in [1.165, 1.54) is 23.5 Å². The van der Waals surface area contributed by atoms with Crippen molar-refractivity contribution >= 4 is 28.9 Å². The van der Waals surface area contributed by atoms with Crippen LogP contribution < -0.4 is 5.32 Å². The topological polar surface area (TPSA) is 55.4 Å². The van der Waals surface area contributed by atoms with Gasteiger partial charge in [-0.3, -0.25) is 4.79 Å². The number of thiophene rings is 1. The van der Waals surface area contributed by atoms with E-state index in [4.69, 9.17) is 4.74 Å². The number of nitrogens with one attached hydrogen (secondary N) is 1. The average molecular weight is 343 g/mol. The molecule has 1 amide bonds. The lowest BCUT2D eigenvalue weighted by Gasteiger charge is -2.10. The van der Waals surface area contributed by atoms with Gasteiger partial charge in [-0.2, -0.15) is 13.2 Å². The fourth-order valence-corrected chi connectivity index (χ4v) is 2.57. The SMILES string of the molecule is Cc1ccsc1C(=O)OCC(=O)Nc1cccc(C(F)(F)F)c1. The predicted octanol–water partition coefficient (Wildman–Crippen LogP) is 3.87. The molecule has 0 spiro atoms. The fourth-order valence-electron chi connectivity index (χ4n) is 1.75. The molecule has 0 bridgehead atoms. The number of benzene rings is 1. The summed E-state index contributed by atoms with van der Waals surface area (Å²) in [6.45, 7) is 1.15. The third kappa shape index (κ3) is 4.56. The van der Waals surface area contributed by atoms with Crippen LogP contribution in [0.4, 0.5) is 18.9 Å². The summed E-state index contributed by atoms with van der Waals surface area (Å²) in [6.07, 6.45) is -4.50. The summed E-state index contributed by atoms with van der Waals surface area (Å²) in [4.78, 5) is 23.8. The molecule has 0 saturated carbocycles. The van der Waals surface area contributed by atoms with Gasteiger partial charge in [0, 0.05) is 5.69 Å². The first-order valence-corrected chi connectivity index (χ1v) is 7.33. The molecule has 0 unspecified atom stereocenters. The maximum absolute atomic E-state index is 12.6. The van der Waals surface area contributed by atoms with Gasteiger partial charge in [0.1, 0.15) is 4.88 Å². The van der Waals surface area contributed by atoms with E-state index in [1.807, 2.05) is 0 Å². The number of hydrogen-bond donors (Lipinski definition) is 1. The minimum Gasteiger partial charge on any atom is -0.451 e. The van der Waals surface area contributed by atoms with Crippen molar-refractivity contribution in [1.29, 1.82) is 0 Å². The van der Waals surface area contributed by atoms with E-state index in [2.05, 4.69) is 5.32 Å². The van der Waals surface area contributed by atoms with Gasteiger partial charge in [0.15, 0.2) is 6.61 Å². The minimum atomic E-state index is -4.50. The number of amides is 1. The van der Waals surface area contributed by atoms with Crippen molar-refractivity contribution in [3.05, 3.63) is 51.7 Å². The average Bonchev–Trinajstić information content (AvgIpc) is 2.90. The van der Waals surface area contributed by atoms with E-state index in [1.54, 1.807) is 18.4 Å². The van der Waals surface area contributed by atoms with Crippen LogP contribution in [0.2, 0.25) is 0 Å². The lowest BCUT2D eigenvalue weighted by atomic mass is 10.2. The number of carbonyl (C=O) groups excluding carboxylic acids is 2. The Kier molecular flexibility index (Phi) is 5.05. The van der Waals surface area contributed by atoms with E-state index >= 15 is 0 Å². The maximum Gasteiger partial charge on any atom is 0.416 e. The van der Waals surface area contributed by atoms with Crippen molar-refractivity contribution in [3.8, 4) is 0 Å². The second kappa shape index (κ2) is 6.82. The normalized spacial score (nSPS) is 11.1. The first-order valence-electron chi connectivity index (χ1n) is 6.45. The molecule has 0 fully saturated rings. The minimum absolute atomic E-state index is 0.0202. The fraction of sp³-hybridized carbons (Fsp3) is 0.200. The number of hydrogen-bond acceptors (Lipinski definition) is 4. The summed E-state index contributed by atoms with van der Waals surface area (Å²) in [5, 5.41) is 3.97. The number of aryl methyl sites for hydroxylation is 1. The molecule has 122 valence electrons. The van der Waals surface area contributed by atoms with E-state index in [-0.39, 0.29) is 5.69 Å². The maximum atomic E-state index is 12.6. The lowest BCUT2D eigenvalue weighted by molar-refractivity contribution is -0.137. The summed E-state index contributed by atoms with van der Waals surface area (Å²) in [5.41, 5.74) is -0.159. The van der Waals surface area contributed by atoms with Crippen molar-refractivity contribution < 1.29 is 27.5 Å². The van der Waals surface area contributed by atoms with Crippen LogP contribution in [0.5, 0.6) is 0 Å². The van der Waals surface area contributed by atoms with Gasteiger partial charge in [0.2, 0.25) is 0 Å². The smallest absolute Gasteiger partial charge is 0.416 e. The highest BCUT2D eigenvalue weighted by Gasteiger charge is 2.30. The number of anilines is 1. The van der Waals surface area contributed by atoms with Crippen LogP contribution in [0.25, 0.3) is 0 Å². The Morgan fingerprint density at radius 3 is 2.61 bits per heavy atom. The van der Waals surface area contributed by atoms with Crippen molar-refractivity contribution in [3.63, 3.8) is 0 Å². The Morgan fingerprint density at radius 1 is 1.26 bits per heavy atom. The van der Waals surface area contributed by atoms with E-state index in [9.17, 15) is 22.8 Å². The summed E-state index contributed by atoms with van der Waals surface area (Å²) in [7, 11) is 0. The summed E-state index contributed by atoms with van der Waals surface area (Å²) >= 11 is 1.19. The highest BCUT2D eigenvalue weighted by Crippen LogP contribution is 2.30. The van der Waals surface area contributed by atoms with Gasteiger partial charge in [0.25, 0.3) is 5.91 Å². The molecule has 4 nitrogen and oxygen atoms in total. The molecule has 1 aromatic heterocycles. The molecule has 0 atom stereocenters. The number of carbonyl (C=O) groups is 2. The molecular weight excluding hydrogens is 331 g/mol. The first kappa shape index (κ1) is 17.0. The first-order chi connectivity index (χ1) is 10.8. The molecule has 0 aliphatic rings. The summed E-state index contributed by atoms with van der Waals surface area (Å²) in [5.74, 6) is -1.36. The highest BCUT2D eigenvalue weighted by atomic mass is 32.1. The molecule has 0 aliphatic carbocycles. The molecule has 0 radical (unpaired) electrons. The lowest BCUT2D eigenvalue weighted by Crippen LogP contribution is -2.21. The van der Waals surface area contributed by atoms with Crippen LogP contribution in [0.15, 0.2) is 35.7 Å². The number of halogens is 3. The van der Waals surface area contributed by atoms with Crippen molar-refractivity contribution in [2.45, 2.75) is 13.1 Å². The molecule has 8 heteroatoms. The zero-order valence-corrected chi connectivity index (χ0v) is 12.8. The third-order valence-corrected chi connectivity index (χ3v) is 3.85. The van der Waals surface area contributed by atoms with E-state index < -0.39 is 30.2 Å². The van der Waals surface area contributed by atoms with Crippen LogP contribution in [-0.2, 0) is 15.7 Å².